The van der Waals surface area contributed by atoms with Gasteiger partial charge in [0, 0.05) is 13.2 Å². The number of amides is 1. The number of carbonyl (C=O) groups is 1. The molecule has 2 heterocycles. The number of benzene rings is 1. The van der Waals surface area contributed by atoms with E-state index in [2.05, 4.69) is 16.5 Å². The van der Waals surface area contributed by atoms with Crippen molar-refractivity contribution in [3.8, 4) is 11.8 Å². The smallest absolute Gasteiger partial charge is 0.249 e. The zero-order valence-corrected chi connectivity index (χ0v) is 13.9. The van der Waals surface area contributed by atoms with Crippen LogP contribution in [0.3, 0.4) is 0 Å². The molecule has 3 N–H and O–H groups in total. The van der Waals surface area contributed by atoms with Crippen molar-refractivity contribution in [2.24, 2.45) is 0 Å². The number of rotatable bonds is 6. The Morgan fingerprint density at radius 1 is 1.44 bits per heavy atom. The highest BCUT2D eigenvalue weighted by molar-refractivity contribution is 5.80. The molecule has 7 heteroatoms. The molecule has 1 aromatic heterocycles. The lowest BCUT2D eigenvalue weighted by atomic mass is 10.1. The van der Waals surface area contributed by atoms with Crippen LogP contribution < -0.4 is 11.1 Å². The fourth-order valence-corrected chi connectivity index (χ4v) is 2.91. The zero-order valence-electron chi connectivity index (χ0n) is 13.9. The molecule has 3 rings (SSSR count). The van der Waals surface area contributed by atoms with Gasteiger partial charge in [0.2, 0.25) is 5.91 Å². The Morgan fingerprint density at radius 2 is 2.24 bits per heavy atom. The number of hydrogen-bond acceptors (Lipinski definition) is 5. The maximum atomic E-state index is 11.9. The number of para-hydroxylation sites is 1. The van der Waals surface area contributed by atoms with Crippen LogP contribution in [0.5, 0.6) is 0 Å². The third kappa shape index (κ3) is 3.80. The predicted molar refractivity (Wildman–Crippen MR) is 93.0 cm³/mol. The van der Waals surface area contributed by atoms with Gasteiger partial charge in [-0.2, -0.15) is 10.4 Å². The molecule has 1 amide bonds. The highest BCUT2D eigenvalue weighted by atomic mass is 16.5. The molecule has 1 aromatic carbocycles. The Balaban J connectivity index is 1.61. The number of nitrogens with zero attached hydrogens (tertiary/aromatic N) is 3. The van der Waals surface area contributed by atoms with Crippen LogP contribution in [0.1, 0.15) is 30.5 Å². The lowest BCUT2D eigenvalue weighted by Gasteiger charge is -2.09. The van der Waals surface area contributed by atoms with Crippen molar-refractivity contribution in [2.75, 3.05) is 18.9 Å². The van der Waals surface area contributed by atoms with Crippen molar-refractivity contribution in [2.45, 2.75) is 31.8 Å². The molecule has 1 aliphatic rings. The van der Waals surface area contributed by atoms with Crippen molar-refractivity contribution in [3.05, 3.63) is 41.6 Å². The second-order valence-corrected chi connectivity index (χ2v) is 5.96. The second-order valence-electron chi connectivity index (χ2n) is 5.96. The van der Waals surface area contributed by atoms with Crippen LogP contribution in [0.25, 0.3) is 5.69 Å². The number of nitriles is 1. The van der Waals surface area contributed by atoms with Crippen molar-refractivity contribution >= 4 is 11.7 Å². The zero-order chi connectivity index (χ0) is 17.6. The Hall–Kier alpha value is -2.85. The number of aryl methyl sites for hydroxylation is 1. The Morgan fingerprint density at radius 3 is 2.92 bits per heavy atom. The Labute approximate surface area is 146 Å². The molecule has 0 unspecified atom stereocenters. The van der Waals surface area contributed by atoms with Gasteiger partial charge in [-0.1, -0.05) is 18.2 Å². The molecule has 1 saturated heterocycles. The van der Waals surface area contributed by atoms with E-state index in [4.69, 9.17) is 10.5 Å². The summed E-state index contributed by atoms with van der Waals surface area (Å²) in [7, 11) is 0. The summed E-state index contributed by atoms with van der Waals surface area (Å²) in [6.45, 7) is 1.17. The number of ether oxygens (including phenoxy) is 1. The molecule has 1 atom stereocenters. The molecular weight excluding hydrogens is 318 g/mol. The highest BCUT2D eigenvalue weighted by Gasteiger charge is 2.23. The van der Waals surface area contributed by atoms with E-state index in [1.807, 2.05) is 30.3 Å². The lowest BCUT2D eigenvalue weighted by Crippen LogP contribution is -2.34. The first-order valence-corrected chi connectivity index (χ1v) is 8.43. The molecule has 1 aliphatic heterocycles. The summed E-state index contributed by atoms with van der Waals surface area (Å²) in [6, 6.07) is 11.6. The number of nitrogen functional groups attached to an aromatic ring is 1. The third-order valence-corrected chi connectivity index (χ3v) is 4.22. The summed E-state index contributed by atoms with van der Waals surface area (Å²) in [5, 5.41) is 16.7. The number of hydrogen-bond donors (Lipinski definition) is 2. The van der Waals surface area contributed by atoms with Crippen LogP contribution in [0, 0.1) is 11.3 Å². The standard InChI is InChI=1S/C18H21N5O2/c19-12-14-15(8-4-10-21-18(24)16-9-5-11-25-16)22-23(17(14)20)13-6-2-1-3-7-13/h1-3,6-7,16H,4-5,8-11,20H2,(H,21,24)/t16-/m1/s1. The average Bonchev–Trinajstić information content (AvgIpc) is 3.27. The first kappa shape index (κ1) is 17.0. The first-order valence-electron chi connectivity index (χ1n) is 8.43. The minimum absolute atomic E-state index is 0.0627. The molecule has 130 valence electrons. The minimum atomic E-state index is -0.317. The van der Waals surface area contributed by atoms with E-state index in [0.717, 1.165) is 18.5 Å². The van der Waals surface area contributed by atoms with Gasteiger partial charge < -0.3 is 15.8 Å². The molecule has 25 heavy (non-hydrogen) atoms. The normalized spacial score (nSPS) is 16.5. The third-order valence-electron chi connectivity index (χ3n) is 4.22. The minimum Gasteiger partial charge on any atom is -0.382 e. The van der Waals surface area contributed by atoms with Gasteiger partial charge in [-0.25, -0.2) is 4.68 Å². The Kier molecular flexibility index (Phi) is 5.31. The number of anilines is 1. The van der Waals surface area contributed by atoms with Crippen molar-refractivity contribution < 1.29 is 9.53 Å². The van der Waals surface area contributed by atoms with Crippen LogP contribution >= 0.6 is 0 Å². The topological polar surface area (TPSA) is 106 Å². The van der Waals surface area contributed by atoms with Crippen LogP contribution in [0.4, 0.5) is 5.82 Å². The number of aromatic nitrogens is 2. The van der Waals surface area contributed by atoms with Crippen LogP contribution in [-0.4, -0.2) is 34.9 Å². The summed E-state index contributed by atoms with van der Waals surface area (Å²) in [5.41, 5.74) is 7.93. The van der Waals surface area contributed by atoms with E-state index in [1.54, 1.807) is 4.68 Å². The summed E-state index contributed by atoms with van der Waals surface area (Å²) < 4.78 is 6.93. The van der Waals surface area contributed by atoms with E-state index in [0.29, 0.717) is 43.1 Å². The van der Waals surface area contributed by atoms with Gasteiger partial charge in [-0.05, 0) is 37.8 Å². The average molecular weight is 339 g/mol. The molecule has 0 spiro atoms. The maximum absolute atomic E-state index is 11.9. The van der Waals surface area contributed by atoms with Crippen molar-refractivity contribution in [3.63, 3.8) is 0 Å². The van der Waals surface area contributed by atoms with Gasteiger partial charge in [0.05, 0.1) is 11.4 Å². The van der Waals surface area contributed by atoms with Crippen LogP contribution in [0.2, 0.25) is 0 Å². The van der Waals surface area contributed by atoms with E-state index in [-0.39, 0.29) is 12.0 Å². The van der Waals surface area contributed by atoms with Gasteiger partial charge in [0.1, 0.15) is 23.6 Å². The monoisotopic (exact) mass is 339 g/mol. The maximum Gasteiger partial charge on any atom is 0.249 e. The molecule has 2 aromatic rings. The SMILES string of the molecule is N#Cc1c(CCCNC(=O)[C@H]2CCCO2)nn(-c2ccccc2)c1N. The van der Waals surface area contributed by atoms with Gasteiger partial charge >= 0.3 is 0 Å². The summed E-state index contributed by atoms with van der Waals surface area (Å²) in [6.07, 6.45) is 2.64. The Bertz CT molecular complexity index is 773. The van der Waals surface area contributed by atoms with Crippen LogP contribution in [-0.2, 0) is 16.0 Å². The molecule has 0 aliphatic carbocycles. The van der Waals surface area contributed by atoms with Gasteiger partial charge in [-0.15, -0.1) is 0 Å². The lowest BCUT2D eigenvalue weighted by molar-refractivity contribution is -0.130. The fraction of sp³-hybridized carbons (Fsp3) is 0.389. The molecule has 1 fully saturated rings. The molecule has 0 bridgehead atoms. The highest BCUT2D eigenvalue weighted by Crippen LogP contribution is 2.21. The molecule has 0 radical (unpaired) electrons. The summed E-state index contributed by atoms with van der Waals surface area (Å²) in [4.78, 5) is 11.9. The number of nitrogens with one attached hydrogen (secondary N) is 1. The quantitative estimate of drug-likeness (QED) is 0.777. The van der Waals surface area contributed by atoms with Gasteiger partial charge in [0.15, 0.2) is 0 Å². The van der Waals surface area contributed by atoms with Crippen molar-refractivity contribution in [1.29, 1.82) is 5.26 Å². The second kappa shape index (κ2) is 7.81. The molecular formula is C18H21N5O2. The van der Waals surface area contributed by atoms with Crippen LogP contribution in [0.15, 0.2) is 30.3 Å². The van der Waals surface area contributed by atoms with E-state index >= 15 is 0 Å². The predicted octanol–water partition coefficient (Wildman–Crippen LogP) is 1.55. The van der Waals surface area contributed by atoms with E-state index in [9.17, 15) is 10.1 Å². The summed E-state index contributed by atoms with van der Waals surface area (Å²) in [5.74, 6) is 0.277. The largest absolute Gasteiger partial charge is 0.382 e. The van der Waals surface area contributed by atoms with Gasteiger partial charge in [0.25, 0.3) is 0 Å². The van der Waals surface area contributed by atoms with E-state index < -0.39 is 0 Å². The number of nitrogens with two attached hydrogens (primary N) is 1. The van der Waals surface area contributed by atoms with Gasteiger partial charge in [-0.3, -0.25) is 4.79 Å². The van der Waals surface area contributed by atoms with E-state index in [1.165, 1.54) is 0 Å². The molecule has 7 nitrogen and oxygen atoms in total. The van der Waals surface area contributed by atoms with Crippen molar-refractivity contribution in [1.82, 2.24) is 15.1 Å². The first-order chi connectivity index (χ1) is 12.2. The molecule has 0 saturated carbocycles. The number of carbonyl (C=O) groups excluding carboxylic acids is 1. The summed E-state index contributed by atoms with van der Waals surface area (Å²) >= 11 is 0. The fourth-order valence-electron chi connectivity index (χ4n) is 2.91.